The van der Waals surface area contributed by atoms with Gasteiger partial charge in [-0.25, -0.2) is 9.78 Å². The van der Waals surface area contributed by atoms with Gasteiger partial charge in [0.15, 0.2) is 10.8 Å². The number of fused-ring (bicyclic) bond motifs is 1. The van der Waals surface area contributed by atoms with E-state index in [0.29, 0.717) is 11.3 Å². The average molecular weight is 714 g/mol. The number of β-lactam (4-membered cyclic amide) rings is 1. The first-order chi connectivity index (χ1) is 21.9. The lowest BCUT2D eigenvalue weighted by Gasteiger charge is -2.49. The van der Waals surface area contributed by atoms with E-state index in [9.17, 15) is 32.8 Å². The van der Waals surface area contributed by atoms with Gasteiger partial charge in [0, 0.05) is 25.2 Å². The molecule has 1 fully saturated rings. The minimum atomic E-state index is -4.02. The van der Waals surface area contributed by atoms with Crippen molar-refractivity contribution in [3.63, 3.8) is 0 Å². The van der Waals surface area contributed by atoms with Gasteiger partial charge in [0.05, 0.1) is 16.9 Å². The second-order valence-electron chi connectivity index (χ2n) is 11.2. The number of methoxy groups -OCH3 is 1. The smallest absolute Gasteiger partial charge is 0.358 e. The van der Waals surface area contributed by atoms with Crippen LogP contribution in [0.3, 0.4) is 0 Å². The van der Waals surface area contributed by atoms with E-state index in [2.05, 4.69) is 15.5 Å². The number of hydrogen-bond donors (Lipinski definition) is 4. The Balaban J connectivity index is 0.000000461. The number of rotatable bonds is 9. The molecule has 16 nitrogen and oxygen atoms in total. The number of anilines is 1. The summed E-state index contributed by atoms with van der Waals surface area (Å²) in [7, 11) is -2.57. The fourth-order valence-electron chi connectivity index (χ4n) is 4.04. The lowest BCUT2D eigenvalue weighted by atomic mass is 9.97. The Morgan fingerprint density at radius 1 is 1.21 bits per heavy atom. The molecule has 1 aromatic carbocycles. The summed E-state index contributed by atoms with van der Waals surface area (Å²) in [6.07, 6.45) is -1.20. The van der Waals surface area contributed by atoms with Crippen molar-refractivity contribution in [2.24, 2.45) is 10.6 Å². The Bertz CT molecular complexity index is 1680. The van der Waals surface area contributed by atoms with Gasteiger partial charge >= 0.3 is 11.9 Å². The summed E-state index contributed by atoms with van der Waals surface area (Å²) in [6.45, 7) is 8.29. The standard InChI is InChI=1S/C21H27N5O8S2.C7H8O3S/c1-9(34-19(30)21(2,3)4)33-18(29)14-10(6-32-5)7-35-17-13(16(28)26(14)17)24-15(27)12(25-31)11-8-36-20(22)23-11;1-6-2-4-7(5-3-6)11(8,9)10/h8-9,13,17,31H,6-7H2,1-5H3,(H2,22,23)(H,24,27);2-5H,1H3,(H,8,9,10)/b25-12-;/t9?,13?,17-;/m0./s1. The SMILES string of the molecule is COCC1=C(C(=O)OC(C)OC(=O)C(C)(C)C)N2C(=O)C(NC(=O)/C(=N\O)c3csc(N)n3)[C@@H]2SC1.Cc1ccc(S(=O)(=O)O)cc1. The van der Waals surface area contributed by atoms with Crippen LogP contribution in [0.5, 0.6) is 0 Å². The first-order valence-electron chi connectivity index (χ1n) is 13.7. The molecule has 47 heavy (non-hydrogen) atoms. The topological polar surface area (TPSA) is 237 Å². The molecular formula is C28H35N5O11S3. The van der Waals surface area contributed by atoms with Crippen LogP contribution in [0.15, 0.2) is 51.0 Å². The molecule has 1 saturated heterocycles. The molecule has 0 aliphatic carbocycles. The van der Waals surface area contributed by atoms with Crippen LogP contribution in [-0.4, -0.2) is 94.7 Å². The van der Waals surface area contributed by atoms with Crippen molar-refractivity contribution in [2.45, 2.75) is 57.2 Å². The number of oxime groups is 1. The summed E-state index contributed by atoms with van der Waals surface area (Å²) in [4.78, 5) is 55.9. The molecule has 2 aliphatic heterocycles. The zero-order chi connectivity index (χ0) is 35.3. The van der Waals surface area contributed by atoms with Gasteiger partial charge in [-0.15, -0.1) is 23.1 Å². The second-order valence-corrected chi connectivity index (χ2v) is 14.6. The van der Waals surface area contributed by atoms with Crippen molar-refractivity contribution in [1.29, 1.82) is 0 Å². The number of nitrogens with zero attached hydrogens (tertiary/aromatic N) is 3. The van der Waals surface area contributed by atoms with Crippen LogP contribution < -0.4 is 11.1 Å². The number of aromatic nitrogens is 1. The van der Waals surface area contributed by atoms with E-state index in [1.807, 2.05) is 6.92 Å². The minimum absolute atomic E-state index is 0.0296. The zero-order valence-corrected chi connectivity index (χ0v) is 28.7. The maximum absolute atomic E-state index is 13.0. The predicted octanol–water partition coefficient (Wildman–Crippen LogP) is 1.92. The lowest BCUT2D eigenvalue weighted by Crippen LogP contribution is -2.71. The molecule has 5 N–H and O–H groups in total. The maximum Gasteiger partial charge on any atom is 0.358 e. The van der Waals surface area contributed by atoms with E-state index in [4.69, 9.17) is 24.5 Å². The molecule has 3 heterocycles. The van der Waals surface area contributed by atoms with Crippen molar-refractivity contribution < 1.29 is 51.6 Å². The largest absolute Gasteiger partial charge is 0.425 e. The number of esters is 2. The van der Waals surface area contributed by atoms with Gasteiger partial charge in [0.2, 0.25) is 6.29 Å². The van der Waals surface area contributed by atoms with Crippen LogP contribution in [0, 0.1) is 12.3 Å². The average Bonchev–Trinajstić information content (AvgIpc) is 3.41. The van der Waals surface area contributed by atoms with E-state index in [1.165, 1.54) is 48.2 Å². The first kappa shape index (κ1) is 37.4. The number of carbonyl (C=O) groups excluding carboxylic acids is 4. The zero-order valence-electron chi connectivity index (χ0n) is 26.2. The molecule has 4 rings (SSSR count). The fraction of sp³-hybridized carbons (Fsp3) is 0.429. The number of benzene rings is 1. The third-order valence-electron chi connectivity index (χ3n) is 6.40. The highest BCUT2D eigenvalue weighted by molar-refractivity contribution is 8.00. The van der Waals surface area contributed by atoms with Gasteiger partial charge in [-0.05, 0) is 45.4 Å². The number of ether oxygens (including phenoxy) is 3. The summed E-state index contributed by atoms with van der Waals surface area (Å²) < 4.78 is 45.2. The number of nitrogen functional groups attached to an aromatic ring is 1. The van der Waals surface area contributed by atoms with Crippen molar-refractivity contribution in [3.05, 3.63) is 52.2 Å². The number of carbonyl (C=O) groups is 4. The molecule has 0 radical (unpaired) electrons. The maximum atomic E-state index is 13.0. The molecule has 1 aromatic heterocycles. The Kier molecular flexibility index (Phi) is 12.1. The van der Waals surface area contributed by atoms with Crippen molar-refractivity contribution in [2.75, 3.05) is 25.2 Å². The first-order valence-corrected chi connectivity index (χ1v) is 17.1. The quantitative estimate of drug-likeness (QED) is 0.0553. The predicted molar refractivity (Wildman–Crippen MR) is 171 cm³/mol. The molecule has 2 amide bonds. The van der Waals surface area contributed by atoms with Crippen LogP contribution in [0.2, 0.25) is 0 Å². The highest BCUT2D eigenvalue weighted by Gasteiger charge is 2.55. The normalized spacial score (nSPS) is 18.7. The monoisotopic (exact) mass is 713 g/mol. The number of thioether (sulfide) groups is 1. The molecule has 2 aromatic rings. The van der Waals surface area contributed by atoms with Crippen LogP contribution in [-0.2, 0) is 43.5 Å². The molecule has 0 spiro atoms. The molecule has 256 valence electrons. The Morgan fingerprint density at radius 3 is 2.36 bits per heavy atom. The number of aryl methyl sites for hydroxylation is 1. The van der Waals surface area contributed by atoms with Gasteiger partial charge < -0.3 is 30.5 Å². The minimum Gasteiger partial charge on any atom is -0.425 e. The summed E-state index contributed by atoms with van der Waals surface area (Å²) in [5, 5.41) is 15.8. The third kappa shape index (κ3) is 9.28. The second kappa shape index (κ2) is 15.2. The van der Waals surface area contributed by atoms with Gasteiger partial charge in [-0.3, -0.25) is 23.8 Å². The van der Waals surface area contributed by atoms with Gasteiger partial charge in [0.25, 0.3) is 21.9 Å². The van der Waals surface area contributed by atoms with E-state index in [0.717, 1.165) is 16.9 Å². The molecule has 19 heteroatoms. The molecular weight excluding hydrogens is 679 g/mol. The summed E-state index contributed by atoms with van der Waals surface area (Å²) >= 11 is 2.37. The molecule has 0 bridgehead atoms. The Labute approximate surface area is 279 Å². The van der Waals surface area contributed by atoms with E-state index < -0.39 is 62.7 Å². The highest BCUT2D eigenvalue weighted by Crippen LogP contribution is 2.41. The van der Waals surface area contributed by atoms with Crippen LogP contribution in [0.4, 0.5) is 5.13 Å². The van der Waals surface area contributed by atoms with Crippen LogP contribution in [0.25, 0.3) is 0 Å². The van der Waals surface area contributed by atoms with E-state index >= 15 is 0 Å². The van der Waals surface area contributed by atoms with Gasteiger partial charge in [-0.2, -0.15) is 8.42 Å². The van der Waals surface area contributed by atoms with Gasteiger partial charge in [0.1, 0.15) is 22.8 Å². The van der Waals surface area contributed by atoms with Crippen molar-refractivity contribution in [3.8, 4) is 0 Å². The van der Waals surface area contributed by atoms with Gasteiger partial charge in [-0.1, -0.05) is 22.9 Å². The molecule has 2 aliphatic rings. The summed E-state index contributed by atoms with van der Waals surface area (Å²) in [6, 6.07) is 4.99. The Morgan fingerprint density at radius 2 is 1.85 bits per heavy atom. The number of amides is 2. The van der Waals surface area contributed by atoms with E-state index in [-0.39, 0.29) is 28.0 Å². The summed E-state index contributed by atoms with van der Waals surface area (Å²) in [5.41, 5.74) is 5.86. The summed E-state index contributed by atoms with van der Waals surface area (Å²) in [5.74, 6) is -2.51. The fourth-order valence-corrected chi connectivity index (χ4v) is 6.40. The van der Waals surface area contributed by atoms with Crippen LogP contribution in [0.1, 0.15) is 39.0 Å². The number of hydrogen-bond acceptors (Lipinski definition) is 15. The number of thiazole rings is 1. The van der Waals surface area contributed by atoms with Crippen molar-refractivity contribution in [1.82, 2.24) is 15.2 Å². The molecule has 3 atom stereocenters. The highest BCUT2D eigenvalue weighted by atomic mass is 32.2. The molecule has 2 unspecified atom stereocenters. The third-order valence-corrected chi connectivity index (χ3v) is 9.28. The lowest BCUT2D eigenvalue weighted by molar-refractivity contribution is -0.190. The Hall–Kier alpha value is -4.04. The number of nitrogens with two attached hydrogens (primary N) is 1. The van der Waals surface area contributed by atoms with E-state index in [1.54, 1.807) is 32.9 Å². The number of nitrogens with one attached hydrogen (secondary N) is 1. The van der Waals surface area contributed by atoms with Crippen molar-refractivity contribution >= 4 is 67.8 Å². The van der Waals surface area contributed by atoms with Crippen LogP contribution >= 0.6 is 23.1 Å². The molecule has 0 saturated carbocycles.